The number of hydrogen-bond donors (Lipinski definition) is 1. The second kappa shape index (κ2) is 5.16. The zero-order chi connectivity index (χ0) is 13.2. The average Bonchev–Trinajstić information content (AvgIpc) is 2.70. The quantitative estimate of drug-likeness (QED) is 0.791. The van der Waals surface area contributed by atoms with Gasteiger partial charge in [-0.2, -0.15) is 0 Å². The maximum absolute atomic E-state index is 6.29. The molecule has 1 aromatic carbocycles. The van der Waals surface area contributed by atoms with E-state index >= 15 is 0 Å². The molecule has 1 nitrogen and oxygen atoms in total. The first-order valence-electron chi connectivity index (χ1n) is 6.78. The van der Waals surface area contributed by atoms with Crippen molar-refractivity contribution < 1.29 is 0 Å². The lowest BCUT2D eigenvalue weighted by atomic mass is 9.93. The van der Waals surface area contributed by atoms with Gasteiger partial charge < -0.3 is 5.73 Å². The number of rotatable bonds is 2. The standard InChI is InChI=1S/C17H23N/c1-17(2,3)10-6-9-16(18)15-11-13-7-4-5-8-14(13)12-15/h4-5,7-8,15-16H,9,11-12,18H2,1-3H3. The minimum absolute atomic E-state index is 0.0817. The van der Waals surface area contributed by atoms with Crippen LogP contribution in [0.5, 0.6) is 0 Å². The van der Waals surface area contributed by atoms with Crippen molar-refractivity contribution in [2.45, 2.75) is 46.1 Å². The molecule has 0 aromatic heterocycles. The Hall–Kier alpha value is -1.26. The van der Waals surface area contributed by atoms with Gasteiger partial charge in [-0.05, 0) is 50.7 Å². The molecule has 0 bridgehead atoms. The highest BCUT2D eigenvalue weighted by Crippen LogP contribution is 2.28. The lowest BCUT2D eigenvalue weighted by molar-refractivity contribution is 0.445. The van der Waals surface area contributed by atoms with Crippen LogP contribution in [0, 0.1) is 23.2 Å². The fourth-order valence-electron chi connectivity index (χ4n) is 2.50. The maximum Gasteiger partial charge on any atom is 0.0244 e. The topological polar surface area (TPSA) is 26.0 Å². The van der Waals surface area contributed by atoms with Crippen LogP contribution < -0.4 is 5.73 Å². The number of fused-ring (bicyclic) bond motifs is 1. The van der Waals surface area contributed by atoms with Gasteiger partial charge >= 0.3 is 0 Å². The molecule has 2 rings (SSSR count). The summed E-state index contributed by atoms with van der Waals surface area (Å²) in [5, 5.41) is 0. The predicted octanol–water partition coefficient (Wildman–Crippen LogP) is 3.17. The number of benzene rings is 1. The molecule has 0 heterocycles. The van der Waals surface area contributed by atoms with E-state index in [0.29, 0.717) is 5.92 Å². The highest BCUT2D eigenvalue weighted by Gasteiger charge is 2.25. The molecule has 0 fully saturated rings. The third-order valence-corrected chi connectivity index (χ3v) is 3.49. The zero-order valence-corrected chi connectivity index (χ0v) is 11.7. The molecular weight excluding hydrogens is 218 g/mol. The molecule has 1 atom stereocenters. The fourth-order valence-corrected chi connectivity index (χ4v) is 2.50. The average molecular weight is 241 g/mol. The van der Waals surface area contributed by atoms with Gasteiger partial charge in [-0.3, -0.25) is 0 Å². The van der Waals surface area contributed by atoms with Crippen molar-refractivity contribution in [3.05, 3.63) is 35.4 Å². The van der Waals surface area contributed by atoms with Gasteiger partial charge in [0.1, 0.15) is 0 Å². The Morgan fingerprint density at radius 3 is 2.28 bits per heavy atom. The van der Waals surface area contributed by atoms with Crippen LogP contribution in [0.1, 0.15) is 38.3 Å². The van der Waals surface area contributed by atoms with E-state index in [1.165, 1.54) is 11.1 Å². The smallest absolute Gasteiger partial charge is 0.0244 e. The van der Waals surface area contributed by atoms with E-state index in [0.717, 1.165) is 19.3 Å². The van der Waals surface area contributed by atoms with Crippen LogP contribution in [0.3, 0.4) is 0 Å². The molecule has 0 saturated carbocycles. The molecule has 2 N–H and O–H groups in total. The second-order valence-electron chi connectivity index (χ2n) is 6.36. The monoisotopic (exact) mass is 241 g/mol. The van der Waals surface area contributed by atoms with Crippen molar-refractivity contribution in [1.82, 2.24) is 0 Å². The third kappa shape index (κ3) is 3.37. The first-order chi connectivity index (χ1) is 8.46. The van der Waals surface area contributed by atoms with Crippen molar-refractivity contribution in [1.29, 1.82) is 0 Å². The molecule has 0 spiro atoms. The summed E-state index contributed by atoms with van der Waals surface area (Å²) in [4.78, 5) is 0. The minimum atomic E-state index is 0.0817. The van der Waals surface area contributed by atoms with E-state index in [2.05, 4.69) is 56.9 Å². The predicted molar refractivity (Wildman–Crippen MR) is 77.2 cm³/mol. The van der Waals surface area contributed by atoms with Crippen LogP contribution in [0.25, 0.3) is 0 Å². The van der Waals surface area contributed by atoms with Crippen molar-refractivity contribution in [3.8, 4) is 11.8 Å². The molecule has 0 saturated heterocycles. The molecule has 1 heteroatoms. The Labute approximate surface area is 111 Å². The fraction of sp³-hybridized carbons (Fsp3) is 0.529. The summed E-state index contributed by atoms with van der Waals surface area (Å²) in [6.07, 6.45) is 3.05. The van der Waals surface area contributed by atoms with E-state index in [9.17, 15) is 0 Å². The number of hydrogen-bond acceptors (Lipinski definition) is 1. The van der Waals surface area contributed by atoms with E-state index in [-0.39, 0.29) is 11.5 Å². The third-order valence-electron chi connectivity index (χ3n) is 3.49. The molecule has 1 aliphatic rings. The van der Waals surface area contributed by atoms with Crippen LogP contribution >= 0.6 is 0 Å². The summed E-state index contributed by atoms with van der Waals surface area (Å²) >= 11 is 0. The van der Waals surface area contributed by atoms with Gasteiger partial charge in [0, 0.05) is 17.9 Å². The highest BCUT2D eigenvalue weighted by atomic mass is 14.6. The molecule has 96 valence electrons. The van der Waals surface area contributed by atoms with E-state index in [1.54, 1.807) is 0 Å². The Kier molecular flexibility index (Phi) is 3.78. The van der Waals surface area contributed by atoms with Gasteiger partial charge in [-0.1, -0.05) is 30.2 Å². The Balaban J connectivity index is 1.93. The minimum Gasteiger partial charge on any atom is -0.327 e. The second-order valence-corrected chi connectivity index (χ2v) is 6.36. The van der Waals surface area contributed by atoms with Gasteiger partial charge in [0.2, 0.25) is 0 Å². The Morgan fingerprint density at radius 2 is 1.78 bits per heavy atom. The van der Waals surface area contributed by atoms with Crippen LogP contribution in [-0.4, -0.2) is 6.04 Å². The highest BCUT2D eigenvalue weighted by molar-refractivity contribution is 5.32. The van der Waals surface area contributed by atoms with Gasteiger partial charge in [-0.15, -0.1) is 5.92 Å². The lowest BCUT2D eigenvalue weighted by Gasteiger charge is -2.16. The Morgan fingerprint density at radius 1 is 1.22 bits per heavy atom. The molecule has 1 aromatic rings. The summed E-state index contributed by atoms with van der Waals surface area (Å²) in [6.45, 7) is 6.41. The first kappa shape index (κ1) is 13.2. The number of nitrogens with two attached hydrogens (primary N) is 1. The summed E-state index contributed by atoms with van der Waals surface area (Å²) in [5.74, 6) is 7.09. The van der Waals surface area contributed by atoms with Gasteiger partial charge in [0.15, 0.2) is 0 Å². The molecular formula is C17H23N. The Bertz CT molecular complexity index is 445. The summed E-state index contributed by atoms with van der Waals surface area (Å²) < 4.78 is 0. The molecule has 1 aliphatic carbocycles. The van der Waals surface area contributed by atoms with Gasteiger partial charge in [0.05, 0.1) is 0 Å². The summed E-state index contributed by atoms with van der Waals surface area (Å²) in [6, 6.07) is 8.89. The van der Waals surface area contributed by atoms with Crippen molar-refractivity contribution in [3.63, 3.8) is 0 Å². The van der Waals surface area contributed by atoms with Crippen molar-refractivity contribution in [2.75, 3.05) is 0 Å². The SMILES string of the molecule is CC(C)(C)C#CCC(N)C1Cc2ccccc2C1. The van der Waals surface area contributed by atoms with E-state index in [4.69, 9.17) is 5.73 Å². The van der Waals surface area contributed by atoms with E-state index in [1.807, 2.05) is 0 Å². The normalized spacial score (nSPS) is 16.9. The molecule has 1 unspecified atom stereocenters. The van der Waals surface area contributed by atoms with Crippen molar-refractivity contribution in [2.24, 2.45) is 17.1 Å². The molecule has 0 amide bonds. The van der Waals surface area contributed by atoms with Crippen molar-refractivity contribution >= 4 is 0 Å². The largest absolute Gasteiger partial charge is 0.327 e. The molecule has 18 heavy (non-hydrogen) atoms. The van der Waals surface area contributed by atoms with Gasteiger partial charge in [0.25, 0.3) is 0 Å². The summed E-state index contributed by atoms with van der Waals surface area (Å²) in [5.41, 5.74) is 9.31. The van der Waals surface area contributed by atoms with Crippen LogP contribution in [0.4, 0.5) is 0 Å². The molecule has 0 radical (unpaired) electrons. The van der Waals surface area contributed by atoms with E-state index < -0.39 is 0 Å². The van der Waals surface area contributed by atoms with Crippen LogP contribution in [0.15, 0.2) is 24.3 Å². The lowest BCUT2D eigenvalue weighted by Crippen LogP contribution is -2.30. The van der Waals surface area contributed by atoms with Crippen LogP contribution in [0.2, 0.25) is 0 Å². The summed E-state index contributed by atoms with van der Waals surface area (Å²) in [7, 11) is 0. The van der Waals surface area contributed by atoms with Gasteiger partial charge in [-0.25, -0.2) is 0 Å². The maximum atomic E-state index is 6.29. The first-order valence-corrected chi connectivity index (χ1v) is 6.78. The van der Waals surface area contributed by atoms with Crippen LogP contribution in [-0.2, 0) is 12.8 Å². The zero-order valence-electron chi connectivity index (χ0n) is 11.7. The molecule has 0 aliphatic heterocycles.